The quantitative estimate of drug-likeness (QED) is 0.106. The van der Waals surface area contributed by atoms with Crippen molar-refractivity contribution >= 4 is 172 Å². The van der Waals surface area contributed by atoms with Crippen molar-refractivity contribution in [1.82, 2.24) is 0 Å². The van der Waals surface area contributed by atoms with Crippen LogP contribution in [0.3, 0.4) is 0 Å². The highest BCUT2D eigenvalue weighted by Crippen LogP contribution is 2.57. The highest BCUT2D eigenvalue weighted by Gasteiger charge is 2.28. The second-order valence-electron chi connectivity index (χ2n) is 18.5. The third kappa shape index (κ3) is 3.59. The van der Waals surface area contributed by atoms with Gasteiger partial charge in [-0.3, -0.25) is 0 Å². The van der Waals surface area contributed by atoms with Gasteiger partial charge in [-0.15, -0.1) is 0 Å². The van der Waals surface area contributed by atoms with Crippen LogP contribution in [0.25, 0.3) is 172 Å². The summed E-state index contributed by atoms with van der Waals surface area (Å²) in [7, 11) is 0. The Balaban J connectivity index is 0.000000149. The molecule has 0 spiro atoms. The third-order valence-corrected chi connectivity index (χ3v) is 15.7. The first-order valence-corrected chi connectivity index (χ1v) is 22.6. The Labute approximate surface area is 364 Å². The molecule has 0 bridgehead atoms. The maximum Gasteiger partial charge on any atom is -0.0000925 e. The molecule has 0 fully saturated rings. The second-order valence-corrected chi connectivity index (χ2v) is 18.5. The van der Waals surface area contributed by atoms with Crippen LogP contribution in [-0.2, 0) is 0 Å². The zero-order chi connectivity index (χ0) is 41.1. The molecule has 0 saturated carbocycles. The normalized spacial score (nSPS) is 13.0. The molecule has 0 nitrogen and oxygen atoms in total. The minimum Gasteiger partial charge on any atom is -0.0616 e. The fourth-order valence-corrected chi connectivity index (χ4v) is 13.4. The molecule has 0 aromatic heterocycles. The van der Waals surface area contributed by atoms with Crippen LogP contribution < -0.4 is 0 Å². The van der Waals surface area contributed by atoms with Gasteiger partial charge in [-0.05, 0) is 184 Å². The van der Waals surface area contributed by atoms with E-state index in [0.717, 1.165) is 0 Å². The molecule has 0 heteroatoms. The van der Waals surface area contributed by atoms with E-state index < -0.39 is 0 Å². The average Bonchev–Trinajstić information content (AvgIpc) is 3.36. The molecule has 0 unspecified atom stereocenters. The molecule has 64 heavy (non-hydrogen) atoms. The Morgan fingerprint density at radius 2 is 0.391 bits per heavy atom. The summed E-state index contributed by atoms with van der Waals surface area (Å²) >= 11 is 0. The van der Waals surface area contributed by atoms with Crippen LogP contribution in [0.5, 0.6) is 0 Å². The van der Waals surface area contributed by atoms with Gasteiger partial charge < -0.3 is 0 Å². The van der Waals surface area contributed by atoms with Crippen molar-refractivity contribution in [2.45, 2.75) is 0 Å². The molecule has 0 aliphatic carbocycles. The zero-order valence-corrected chi connectivity index (χ0v) is 34.5. The van der Waals surface area contributed by atoms with E-state index in [-0.39, 0.29) is 0 Å². The van der Waals surface area contributed by atoms with Crippen LogP contribution in [0.1, 0.15) is 0 Å². The fourth-order valence-electron chi connectivity index (χ4n) is 13.4. The average molecular weight is 801 g/mol. The van der Waals surface area contributed by atoms with Crippen molar-refractivity contribution in [3.63, 3.8) is 0 Å². The zero-order valence-electron chi connectivity index (χ0n) is 34.5. The number of rotatable bonds is 0. The molecule has 0 saturated heterocycles. The van der Waals surface area contributed by atoms with Gasteiger partial charge in [-0.25, -0.2) is 0 Å². The Morgan fingerprint density at radius 1 is 0.125 bits per heavy atom. The second kappa shape index (κ2) is 11.0. The van der Waals surface area contributed by atoms with Crippen LogP contribution in [0.4, 0.5) is 0 Å². The summed E-state index contributed by atoms with van der Waals surface area (Å²) < 4.78 is 0. The van der Waals surface area contributed by atoms with E-state index >= 15 is 0 Å². The molecule has 0 aliphatic heterocycles. The highest BCUT2D eigenvalue weighted by atomic mass is 14.3. The van der Waals surface area contributed by atoms with Gasteiger partial charge in [-0.1, -0.05) is 182 Å². The first-order valence-electron chi connectivity index (χ1n) is 22.6. The molecule has 18 aromatic carbocycles. The summed E-state index contributed by atoms with van der Waals surface area (Å²) in [4.78, 5) is 0. The molecule has 18 aromatic rings. The maximum atomic E-state index is 2.50. The molecule has 0 aliphatic rings. The Kier molecular flexibility index (Phi) is 5.57. The molecule has 0 heterocycles. The number of fused-ring (bicyclic) bond motifs is 10. The van der Waals surface area contributed by atoms with Crippen LogP contribution in [-0.4, -0.2) is 0 Å². The van der Waals surface area contributed by atoms with E-state index in [4.69, 9.17) is 0 Å². The molecular formula is C64H32. The SMILES string of the molecule is c1cc2cccc3c4cccc5cccc(c(c1)c23)c54.c1ccc2c(c1)c1cccc3c4ccc5c6cccc7c8ccccc8c8cc9ccc%10cc2c(c13)c1c%10c9c(c8c76)c5c41. The predicted molar refractivity (Wildman–Crippen MR) is 280 cm³/mol. The lowest BCUT2D eigenvalue weighted by Crippen LogP contribution is -1.98. The van der Waals surface area contributed by atoms with Gasteiger partial charge in [0.1, 0.15) is 0 Å². The lowest BCUT2D eigenvalue weighted by atomic mass is 9.76. The summed E-state index contributed by atoms with van der Waals surface area (Å²) in [6.07, 6.45) is 0. The van der Waals surface area contributed by atoms with E-state index in [2.05, 4.69) is 194 Å². The van der Waals surface area contributed by atoms with Gasteiger partial charge >= 0.3 is 0 Å². The van der Waals surface area contributed by atoms with Crippen molar-refractivity contribution in [3.8, 4) is 0 Å². The van der Waals surface area contributed by atoms with Crippen LogP contribution in [0, 0.1) is 0 Å². The van der Waals surface area contributed by atoms with Crippen molar-refractivity contribution in [3.05, 3.63) is 194 Å². The molecule has 18 rings (SSSR count). The van der Waals surface area contributed by atoms with Gasteiger partial charge in [-0.2, -0.15) is 0 Å². The lowest BCUT2D eigenvalue weighted by Gasteiger charge is -2.27. The first kappa shape index (κ1) is 32.4. The van der Waals surface area contributed by atoms with Crippen molar-refractivity contribution in [2.24, 2.45) is 0 Å². The Morgan fingerprint density at radius 3 is 0.766 bits per heavy atom. The standard InChI is InChI=1S/C44H20.C20H12/c1-3-9-25-23(7-1)27-11-5-13-29-31-17-18-32-30-14-6-12-28-24-8-2-4-10-26(24)34-20-22-16-15-21-19-33(25)41(37(27)29)43-35(21)36(22)44(40(32)39(31)43)42(34)38(28)30;1-5-13-6-2-11-17-18-12-4-8-14-7-3-10-16(20(14)18)15(9-1)19(13)17/h1-20H;1-12H. The first-order chi connectivity index (χ1) is 31.8. The minimum atomic E-state index is 1.33. The van der Waals surface area contributed by atoms with Gasteiger partial charge in [0.05, 0.1) is 0 Å². The van der Waals surface area contributed by atoms with E-state index in [1.165, 1.54) is 172 Å². The molecule has 0 amide bonds. The maximum absolute atomic E-state index is 2.50. The van der Waals surface area contributed by atoms with Crippen LogP contribution >= 0.6 is 0 Å². The lowest BCUT2D eigenvalue weighted by molar-refractivity contribution is 1.78. The Hall–Kier alpha value is -8.32. The van der Waals surface area contributed by atoms with Gasteiger partial charge in [0.25, 0.3) is 0 Å². The third-order valence-electron chi connectivity index (χ3n) is 15.7. The molecule has 0 atom stereocenters. The van der Waals surface area contributed by atoms with Gasteiger partial charge in [0.2, 0.25) is 0 Å². The summed E-state index contributed by atoms with van der Waals surface area (Å²) in [5.74, 6) is 0. The van der Waals surface area contributed by atoms with Gasteiger partial charge in [0, 0.05) is 0 Å². The summed E-state index contributed by atoms with van der Waals surface area (Å²) in [6.45, 7) is 0. The van der Waals surface area contributed by atoms with E-state index in [9.17, 15) is 0 Å². The molecular weight excluding hydrogens is 769 g/mol. The summed E-state index contributed by atoms with van der Waals surface area (Å²) in [5.41, 5.74) is 0. The van der Waals surface area contributed by atoms with E-state index in [1.54, 1.807) is 0 Å². The predicted octanol–water partition coefficient (Wildman–Crippen LogP) is 18.5. The summed E-state index contributed by atoms with van der Waals surface area (Å²) in [6, 6.07) is 73.1. The van der Waals surface area contributed by atoms with Crippen LogP contribution in [0.15, 0.2) is 194 Å². The number of hydrogen-bond acceptors (Lipinski definition) is 0. The Bertz CT molecular complexity index is 4600. The molecule has 0 radical (unpaired) electrons. The van der Waals surface area contributed by atoms with Gasteiger partial charge in [0.15, 0.2) is 0 Å². The minimum absolute atomic E-state index is 1.33. The van der Waals surface area contributed by atoms with Crippen molar-refractivity contribution in [1.29, 1.82) is 0 Å². The monoisotopic (exact) mass is 800 g/mol. The largest absolute Gasteiger partial charge is 0.0616 e. The van der Waals surface area contributed by atoms with E-state index in [1.807, 2.05) is 0 Å². The number of hydrogen-bond donors (Lipinski definition) is 0. The van der Waals surface area contributed by atoms with Crippen molar-refractivity contribution in [2.75, 3.05) is 0 Å². The molecule has 288 valence electrons. The number of benzene rings is 18. The smallest absolute Gasteiger partial charge is 0.0000925 e. The fraction of sp³-hybridized carbons (Fsp3) is 0. The summed E-state index contributed by atoms with van der Waals surface area (Å²) in [5, 5.41) is 44.3. The topological polar surface area (TPSA) is 0 Å². The van der Waals surface area contributed by atoms with Crippen LogP contribution in [0.2, 0.25) is 0 Å². The van der Waals surface area contributed by atoms with Crippen molar-refractivity contribution < 1.29 is 0 Å². The molecule has 0 N–H and O–H groups in total. The highest BCUT2D eigenvalue weighted by molar-refractivity contribution is 6.56. The van der Waals surface area contributed by atoms with E-state index in [0.29, 0.717) is 0 Å².